The fraction of sp³-hybridized carbons (Fsp3) is 0.455. The number of carbonyl (C=O) groups is 1. The van der Waals surface area contributed by atoms with Crippen LogP contribution < -0.4 is 0 Å². The summed E-state index contributed by atoms with van der Waals surface area (Å²) in [5.74, 6) is 0.294. The molecule has 1 amide bonds. The van der Waals surface area contributed by atoms with Gasteiger partial charge in [0, 0.05) is 24.5 Å². The highest BCUT2D eigenvalue weighted by Gasteiger charge is 2.31. The summed E-state index contributed by atoms with van der Waals surface area (Å²) < 4.78 is 1.55. The van der Waals surface area contributed by atoms with E-state index in [0.717, 1.165) is 11.4 Å². The molecule has 0 radical (unpaired) electrons. The molecule has 0 saturated carbocycles. The third kappa shape index (κ3) is 1.63. The lowest BCUT2D eigenvalue weighted by molar-refractivity contribution is 0.00510. The highest BCUT2D eigenvalue weighted by Crippen LogP contribution is 2.12. The van der Waals surface area contributed by atoms with Crippen LogP contribution in [0, 0.1) is 13.8 Å². The number of aryl methyl sites for hydroxylation is 2. The van der Waals surface area contributed by atoms with Crippen LogP contribution in [0.4, 0.5) is 0 Å². The molecule has 1 aliphatic heterocycles. The van der Waals surface area contributed by atoms with E-state index in [1.54, 1.807) is 4.52 Å². The Bertz CT molecular complexity index is 630. The summed E-state index contributed by atoms with van der Waals surface area (Å²) in [5.41, 5.74) is 1.72. The summed E-state index contributed by atoms with van der Waals surface area (Å²) in [6.07, 6.45) is -0.423. The molecule has 18 heavy (non-hydrogen) atoms. The van der Waals surface area contributed by atoms with Crippen LogP contribution >= 0.6 is 0 Å². The number of fused-ring (bicyclic) bond motifs is 1. The number of carbonyl (C=O) groups excluding carboxylic acids is 1. The van der Waals surface area contributed by atoms with Crippen molar-refractivity contribution >= 4 is 11.7 Å². The normalized spacial score (nSPS) is 16.1. The van der Waals surface area contributed by atoms with Crippen molar-refractivity contribution in [2.24, 2.45) is 0 Å². The summed E-state index contributed by atoms with van der Waals surface area (Å²) in [7, 11) is 0. The minimum atomic E-state index is -0.423. The molecule has 0 aliphatic carbocycles. The van der Waals surface area contributed by atoms with E-state index in [0.29, 0.717) is 18.9 Å². The van der Waals surface area contributed by atoms with Crippen molar-refractivity contribution in [1.82, 2.24) is 24.5 Å². The molecular weight excluding hydrogens is 234 g/mol. The predicted molar refractivity (Wildman–Crippen MR) is 62.2 cm³/mol. The van der Waals surface area contributed by atoms with Crippen LogP contribution in [0.15, 0.2) is 6.07 Å². The van der Waals surface area contributed by atoms with Gasteiger partial charge in [0.25, 0.3) is 11.7 Å². The Morgan fingerprint density at radius 2 is 2.11 bits per heavy atom. The molecule has 0 unspecified atom stereocenters. The topological polar surface area (TPSA) is 83.6 Å². The van der Waals surface area contributed by atoms with Crippen LogP contribution in [0.5, 0.6) is 0 Å². The maximum absolute atomic E-state index is 12.0. The van der Waals surface area contributed by atoms with Crippen LogP contribution in [0.1, 0.15) is 22.0 Å². The van der Waals surface area contributed by atoms with Gasteiger partial charge in [-0.2, -0.15) is 4.98 Å². The molecule has 1 aliphatic rings. The maximum atomic E-state index is 12.0. The number of aliphatic hydroxyl groups is 1. The molecule has 7 heteroatoms. The number of aliphatic hydroxyl groups excluding tert-OH is 1. The van der Waals surface area contributed by atoms with Gasteiger partial charge in [-0.05, 0) is 19.9 Å². The van der Waals surface area contributed by atoms with E-state index in [4.69, 9.17) is 0 Å². The van der Waals surface area contributed by atoms with Crippen molar-refractivity contribution in [3.63, 3.8) is 0 Å². The number of aromatic nitrogens is 4. The first-order chi connectivity index (χ1) is 8.54. The zero-order valence-corrected chi connectivity index (χ0v) is 10.2. The molecule has 0 spiro atoms. The van der Waals surface area contributed by atoms with Gasteiger partial charge in [0.15, 0.2) is 0 Å². The number of nitrogens with zero attached hydrogens (tertiary/aromatic N) is 5. The lowest BCUT2D eigenvalue weighted by Crippen LogP contribution is -2.53. The smallest absolute Gasteiger partial charge is 0.293 e. The van der Waals surface area contributed by atoms with Crippen molar-refractivity contribution in [2.75, 3.05) is 13.1 Å². The summed E-state index contributed by atoms with van der Waals surface area (Å²) in [5, 5.41) is 13.3. The monoisotopic (exact) mass is 247 g/mol. The molecule has 0 aromatic carbocycles. The number of hydrogen-bond donors (Lipinski definition) is 1. The number of hydrogen-bond acceptors (Lipinski definition) is 5. The summed E-state index contributed by atoms with van der Waals surface area (Å²) >= 11 is 0. The number of likely N-dealkylation sites (tertiary alicyclic amines) is 1. The van der Waals surface area contributed by atoms with E-state index in [-0.39, 0.29) is 11.7 Å². The Kier molecular flexibility index (Phi) is 2.30. The van der Waals surface area contributed by atoms with Crippen LogP contribution in [0.25, 0.3) is 5.78 Å². The average molecular weight is 247 g/mol. The molecule has 0 atom stereocenters. The van der Waals surface area contributed by atoms with E-state index in [9.17, 15) is 9.90 Å². The van der Waals surface area contributed by atoms with Crippen molar-refractivity contribution in [3.05, 3.63) is 23.3 Å². The van der Waals surface area contributed by atoms with E-state index in [1.165, 1.54) is 4.90 Å². The quantitative estimate of drug-likeness (QED) is 0.738. The van der Waals surface area contributed by atoms with Gasteiger partial charge < -0.3 is 10.0 Å². The molecule has 1 saturated heterocycles. The minimum Gasteiger partial charge on any atom is -0.389 e. The Morgan fingerprint density at radius 3 is 2.78 bits per heavy atom. The van der Waals surface area contributed by atoms with Crippen LogP contribution in [-0.4, -0.2) is 54.7 Å². The van der Waals surface area contributed by atoms with Gasteiger partial charge in [0.05, 0.1) is 6.10 Å². The van der Waals surface area contributed by atoms with Gasteiger partial charge in [-0.25, -0.2) is 9.50 Å². The second kappa shape index (κ2) is 3.74. The van der Waals surface area contributed by atoms with Crippen molar-refractivity contribution in [1.29, 1.82) is 0 Å². The highest BCUT2D eigenvalue weighted by atomic mass is 16.3. The third-order valence-corrected chi connectivity index (χ3v) is 2.96. The summed E-state index contributed by atoms with van der Waals surface area (Å²) in [6.45, 7) is 4.45. The fourth-order valence-electron chi connectivity index (χ4n) is 2.02. The number of amides is 1. The Labute approximate surface area is 103 Å². The molecule has 2 aromatic heterocycles. The average Bonchev–Trinajstić information content (AvgIpc) is 2.68. The second-order valence-electron chi connectivity index (χ2n) is 4.55. The van der Waals surface area contributed by atoms with E-state index in [2.05, 4.69) is 15.1 Å². The number of β-amino-alcohol motifs (C(OH)–C–C–N with tert-alkyl or cyclic N) is 1. The molecule has 1 fully saturated rings. The zero-order chi connectivity index (χ0) is 12.9. The molecule has 7 nitrogen and oxygen atoms in total. The molecule has 3 rings (SSSR count). The van der Waals surface area contributed by atoms with Gasteiger partial charge >= 0.3 is 0 Å². The van der Waals surface area contributed by atoms with Crippen LogP contribution in [0.3, 0.4) is 0 Å². The van der Waals surface area contributed by atoms with E-state index >= 15 is 0 Å². The lowest BCUT2D eigenvalue weighted by atomic mass is 10.2. The van der Waals surface area contributed by atoms with Gasteiger partial charge in [-0.3, -0.25) is 4.79 Å². The van der Waals surface area contributed by atoms with Crippen LogP contribution in [-0.2, 0) is 0 Å². The van der Waals surface area contributed by atoms with Gasteiger partial charge in [-0.15, -0.1) is 5.10 Å². The predicted octanol–water partition coefficient (Wildman–Crippen LogP) is -0.442. The fourth-order valence-corrected chi connectivity index (χ4v) is 2.02. The van der Waals surface area contributed by atoms with Crippen LogP contribution in [0.2, 0.25) is 0 Å². The van der Waals surface area contributed by atoms with Crippen molar-refractivity contribution in [3.8, 4) is 0 Å². The summed E-state index contributed by atoms with van der Waals surface area (Å²) in [6, 6.07) is 1.88. The third-order valence-electron chi connectivity index (χ3n) is 2.96. The van der Waals surface area contributed by atoms with E-state index < -0.39 is 6.10 Å². The summed E-state index contributed by atoms with van der Waals surface area (Å²) in [4.78, 5) is 21.9. The molecule has 2 aromatic rings. The van der Waals surface area contributed by atoms with Gasteiger partial charge in [0.1, 0.15) is 0 Å². The Morgan fingerprint density at radius 1 is 1.39 bits per heavy atom. The first-order valence-electron chi connectivity index (χ1n) is 5.73. The largest absolute Gasteiger partial charge is 0.389 e. The van der Waals surface area contributed by atoms with E-state index in [1.807, 2.05) is 19.9 Å². The lowest BCUT2D eigenvalue weighted by Gasteiger charge is -2.34. The molecule has 3 heterocycles. The van der Waals surface area contributed by atoms with Crippen molar-refractivity contribution in [2.45, 2.75) is 20.0 Å². The molecular formula is C11H13N5O2. The Balaban J connectivity index is 1.98. The highest BCUT2D eigenvalue weighted by molar-refractivity contribution is 5.91. The molecule has 1 N–H and O–H groups in total. The zero-order valence-electron chi connectivity index (χ0n) is 10.2. The van der Waals surface area contributed by atoms with Gasteiger partial charge in [0.2, 0.25) is 5.82 Å². The Hall–Kier alpha value is -2.02. The second-order valence-corrected chi connectivity index (χ2v) is 4.55. The first-order valence-corrected chi connectivity index (χ1v) is 5.73. The SMILES string of the molecule is Cc1cc(C)n2nc(C(=O)N3CC(O)C3)nc2n1. The maximum Gasteiger partial charge on any atom is 0.293 e. The molecule has 94 valence electrons. The standard InChI is InChI=1S/C11H13N5O2/c1-6-3-7(2)16-11(12-6)13-9(14-16)10(18)15-4-8(17)5-15/h3,8,17H,4-5H2,1-2H3. The molecule has 0 bridgehead atoms. The first kappa shape index (κ1) is 11.1. The minimum absolute atomic E-state index is 0.128. The van der Waals surface area contributed by atoms with Crippen molar-refractivity contribution < 1.29 is 9.90 Å². The van der Waals surface area contributed by atoms with Gasteiger partial charge in [-0.1, -0.05) is 0 Å². The number of rotatable bonds is 1.